The zero-order valence-corrected chi connectivity index (χ0v) is 16.8. The Morgan fingerprint density at radius 2 is 0.778 bits per heavy atom. The van der Waals surface area contributed by atoms with Crippen molar-refractivity contribution in [2.75, 3.05) is 0 Å². The molecule has 10 nitrogen and oxygen atoms in total. The molecule has 0 aliphatic carbocycles. The minimum atomic E-state index is -5.39. The van der Waals surface area contributed by atoms with Crippen molar-refractivity contribution in [3.05, 3.63) is 0 Å². The first-order valence-electron chi connectivity index (χ1n) is 2.22. The van der Waals surface area contributed by atoms with Crippen LogP contribution in [0.5, 0.6) is 0 Å². The maximum atomic E-state index is 10.4. The van der Waals surface area contributed by atoms with Gasteiger partial charge in [0.25, 0.3) is 0 Å². The molecule has 0 aromatic carbocycles. The van der Waals surface area contributed by atoms with E-state index >= 15 is 0 Å². The predicted molar refractivity (Wildman–Crippen MR) is 40.0 cm³/mol. The quantitative estimate of drug-likeness (QED) is 0.199. The topological polar surface area (TPSA) is 213 Å². The second-order valence-electron chi connectivity index (χ2n) is 1.38. The molecule has 104 valence electrons. The third-order valence-corrected chi connectivity index (χ3v) is 0. The van der Waals surface area contributed by atoms with Crippen LogP contribution in [0.15, 0.2) is 0 Å². The van der Waals surface area contributed by atoms with Gasteiger partial charge in [-0.25, -0.2) is 4.57 Å². The van der Waals surface area contributed by atoms with Crippen molar-refractivity contribution in [3.63, 3.8) is 0 Å². The van der Waals surface area contributed by atoms with Crippen molar-refractivity contribution in [2.45, 2.75) is 0 Å². The third-order valence-electron chi connectivity index (χ3n) is 0. The molecule has 7 N–H and O–H groups in total. The average molecular weight is 377 g/mol. The molecule has 0 spiro atoms. The van der Waals surface area contributed by atoms with Crippen molar-refractivity contribution in [1.82, 2.24) is 6.15 Å². The van der Waals surface area contributed by atoms with E-state index < -0.39 is 23.7 Å². The van der Waals surface area contributed by atoms with Crippen LogP contribution in [0.3, 0.4) is 0 Å². The minimum Gasteiger partial charge on any atom is -0.753 e. The zero-order chi connectivity index (χ0) is 13.5. The van der Waals surface area contributed by atoms with E-state index in [0.29, 0.717) is 0 Å². The Morgan fingerprint density at radius 1 is 0.778 bits per heavy atom. The van der Waals surface area contributed by atoms with Gasteiger partial charge in [0, 0.05) is 0 Å². The normalized spacial score (nSPS) is 15.2. The van der Waals surface area contributed by atoms with Crippen molar-refractivity contribution in [3.8, 4) is 0 Å². The Morgan fingerprint density at radius 3 is 0.778 bits per heavy atom. The molecule has 0 amide bonds. The summed E-state index contributed by atoms with van der Waals surface area (Å²) >= 11 is 0. The van der Waals surface area contributed by atoms with E-state index in [2.05, 4.69) is 0 Å². The van der Waals surface area contributed by atoms with Gasteiger partial charge in [-0.2, -0.15) is 8.39 Å². The van der Waals surface area contributed by atoms with Crippen molar-refractivity contribution >= 4 is 23.7 Å². The number of rotatable bonds is 0. The minimum absolute atomic E-state index is 0. The maximum absolute atomic E-state index is 10.4. The maximum Gasteiger partial charge on any atom is 1.00 e. The van der Waals surface area contributed by atoms with Gasteiger partial charge in [0.1, 0.15) is 0 Å². The van der Waals surface area contributed by atoms with Crippen molar-refractivity contribution in [2.24, 2.45) is 0 Å². The first kappa shape index (κ1) is 37.2. The van der Waals surface area contributed by atoms with E-state index in [1.54, 1.807) is 0 Å². The van der Waals surface area contributed by atoms with Crippen molar-refractivity contribution in [1.29, 1.82) is 0 Å². The summed E-state index contributed by atoms with van der Waals surface area (Å²) in [6.45, 7) is 0. The fraction of sp³-hybridized carbons (Fsp3) is 0. The van der Waals surface area contributed by atoms with Gasteiger partial charge in [-0.05, 0) is 0 Å². The summed E-state index contributed by atoms with van der Waals surface area (Å²) in [5.74, 6) is 0. The van der Waals surface area contributed by atoms with E-state index in [-0.39, 0.29) is 87.1 Å². The van der Waals surface area contributed by atoms with Gasteiger partial charge in [0.15, 0.2) is 0 Å². The van der Waals surface area contributed by atoms with Crippen LogP contribution in [0.1, 0.15) is 0 Å². The van der Waals surface area contributed by atoms with Crippen LogP contribution in [0, 0.1) is 0 Å². The first-order chi connectivity index (χ1) is 6.00. The van der Waals surface area contributed by atoms with Crippen LogP contribution in [0.2, 0.25) is 0 Å². The Kier molecular flexibility index (Phi) is 33.5. The standard InChI is InChI=1S/3FH2O3P.K.H3N.Na/c3*1-5(2,3)4;;;/h3*(H2,2,3,4);;1H3;/q;;;+1;;+1/p-2. The fourth-order valence-corrected chi connectivity index (χ4v) is 0. The molecule has 0 bridgehead atoms. The predicted octanol–water partition coefficient (Wildman–Crippen LogP) is -6.95. The summed E-state index contributed by atoms with van der Waals surface area (Å²) in [7, 11) is -15.9. The van der Waals surface area contributed by atoms with Crippen LogP contribution < -0.4 is 96.9 Å². The van der Waals surface area contributed by atoms with Gasteiger partial charge in [-0.15, -0.1) is 4.20 Å². The van der Waals surface area contributed by atoms with Gasteiger partial charge in [-0.3, -0.25) is 18.9 Å². The molecular formula is H7F3KNNaO9P3. The van der Waals surface area contributed by atoms with Gasteiger partial charge >= 0.3 is 105 Å². The molecule has 2 atom stereocenters. The summed E-state index contributed by atoms with van der Waals surface area (Å²) < 4.78 is 56.6. The fourth-order valence-electron chi connectivity index (χ4n) is 0. The SMILES string of the molecule is N.O=P(O)(O)F.O=P([O-])(O)F.O=P([O-])(O)F.[K+].[Na+]. The summed E-state index contributed by atoms with van der Waals surface area (Å²) in [6, 6.07) is 0. The Balaban J connectivity index is -0.0000000277. The third kappa shape index (κ3) is 745. The second kappa shape index (κ2) is 16.2. The Hall–Kier alpha value is 2.84. The van der Waals surface area contributed by atoms with Crippen LogP contribution in [-0.4, -0.2) is 19.6 Å². The Labute approximate surface area is 164 Å². The van der Waals surface area contributed by atoms with Crippen LogP contribution in [-0.2, 0) is 13.7 Å². The molecule has 18 heavy (non-hydrogen) atoms. The number of hydrogen-bond donors (Lipinski definition) is 5. The summed E-state index contributed by atoms with van der Waals surface area (Å²) in [4.78, 5) is 44.7. The molecule has 0 fully saturated rings. The summed E-state index contributed by atoms with van der Waals surface area (Å²) in [5.41, 5.74) is 0. The van der Waals surface area contributed by atoms with Gasteiger partial charge in [-0.1, -0.05) is 0 Å². The smallest absolute Gasteiger partial charge is 0.753 e. The molecular weight excluding hydrogens is 370 g/mol. The molecule has 0 aromatic heterocycles. The zero-order valence-electron chi connectivity index (χ0n) is 9.01. The average Bonchev–Trinajstić information content (AvgIpc) is 1.41. The van der Waals surface area contributed by atoms with Crippen molar-refractivity contribution < 1.29 is 137 Å². The second-order valence-corrected chi connectivity index (χ2v) is 4.13. The first-order valence-corrected chi connectivity index (χ1v) is 6.66. The molecule has 18 heteroatoms. The van der Waals surface area contributed by atoms with E-state index in [1.807, 2.05) is 0 Å². The van der Waals surface area contributed by atoms with Gasteiger partial charge < -0.3 is 25.7 Å². The van der Waals surface area contributed by atoms with Gasteiger partial charge in [0.05, 0.1) is 0 Å². The molecule has 2 unspecified atom stereocenters. The van der Waals surface area contributed by atoms with E-state index in [1.165, 1.54) is 0 Å². The molecule has 0 rings (SSSR count). The van der Waals surface area contributed by atoms with Crippen LogP contribution >= 0.6 is 23.7 Å². The van der Waals surface area contributed by atoms with Crippen LogP contribution in [0.4, 0.5) is 12.6 Å². The molecule has 0 aliphatic heterocycles. The van der Waals surface area contributed by atoms with E-state index in [4.69, 9.17) is 43.1 Å². The van der Waals surface area contributed by atoms with Crippen LogP contribution in [0.25, 0.3) is 0 Å². The molecule has 0 aromatic rings. The van der Waals surface area contributed by atoms with Gasteiger partial charge in [0.2, 0.25) is 0 Å². The number of halogens is 3. The Bertz CT molecular complexity index is 223. The molecule has 0 aliphatic rings. The largest absolute Gasteiger partial charge is 1.00 e. The molecule has 0 radical (unpaired) electrons. The summed E-state index contributed by atoms with van der Waals surface area (Å²) in [6.07, 6.45) is 0. The molecule has 0 saturated heterocycles. The van der Waals surface area contributed by atoms with E-state index in [0.717, 1.165) is 0 Å². The molecule has 0 heterocycles. The van der Waals surface area contributed by atoms with E-state index in [9.17, 15) is 12.6 Å². The molecule has 0 saturated carbocycles. The summed E-state index contributed by atoms with van der Waals surface area (Å²) in [5, 5.41) is 0. The monoisotopic (exact) mass is 377 g/mol. The number of hydrogen-bond acceptors (Lipinski definition) is 6.